The van der Waals surface area contributed by atoms with E-state index in [9.17, 15) is 0 Å². The van der Waals surface area contributed by atoms with Crippen LogP contribution in [0.1, 0.15) is 62.5 Å². The van der Waals surface area contributed by atoms with Gasteiger partial charge in [0.25, 0.3) is 0 Å². The predicted octanol–water partition coefficient (Wildman–Crippen LogP) is 4.91. The molecule has 1 aromatic rings. The maximum absolute atomic E-state index is 8.82. The van der Waals surface area contributed by atoms with Gasteiger partial charge in [0.2, 0.25) is 0 Å². The van der Waals surface area contributed by atoms with Gasteiger partial charge >= 0.3 is 0 Å². The second-order valence-electron chi connectivity index (χ2n) is 5.50. The summed E-state index contributed by atoms with van der Waals surface area (Å²) >= 11 is 0. The SMILES string of the molecule is CCCC=COC1CCC(c2ccc(C#N)cc2)CC1. The predicted molar refractivity (Wildman–Crippen MR) is 81.3 cm³/mol. The minimum atomic E-state index is 0.387. The molecule has 2 heteroatoms. The molecule has 20 heavy (non-hydrogen) atoms. The molecular weight excluding hydrogens is 246 g/mol. The smallest absolute Gasteiger partial charge is 0.0991 e. The summed E-state index contributed by atoms with van der Waals surface area (Å²) in [6, 6.07) is 10.2. The second-order valence-corrected chi connectivity index (χ2v) is 5.50. The Balaban J connectivity index is 1.80. The number of rotatable bonds is 5. The molecule has 0 spiro atoms. The van der Waals surface area contributed by atoms with Crippen LogP contribution in [0.3, 0.4) is 0 Å². The van der Waals surface area contributed by atoms with Crippen LogP contribution in [0.5, 0.6) is 0 Å². The Labute approximate surface area is 122 Å². The van der Waals surface area contributed by atoms with Gasteiger partial charge < -0.3 is 4.74 Å². The van der Waals surface area contributed by atoms with Crippen molar-refractivity contribution in [3.8, 4) is 6.07 Å². The van der Waals surface area contributed by atoms with E-state index in [0.29, 0.717) is 12.0 Å². The Morgan fingerprint density at radius 1 is 1.20 bits per heavy atom. The number of benzene rings is 1. The van der Waals surface area contributed by atoms with Gasteiger partial charge in [-0.05, 0) is 61.8 Å². The van der Waals surface area contributed by atoms with E-state index in [0.717, 1.165) is 24.8 Å². The highest BCUT2D eigenvalue weighted by Gasteiger charge is 2.22. The highest BCUT2D eigenvalue weighted by atomic mass is 16.5. The molecule has 0 atom stereocenters. The van der Waals surface area contributed by atoms with Crippen molar-refractivity contribution in [2.75, 3.05) is 0 Å². The number of hydrogen-bond donors (Lipinski definition) is 0. The average Bonchev–Trinajstić information content (AvgIpc) is 2.52. The first-order chi connectivity index (χ1) is 9.83. The molecule has 0 unspecified atom stereocenters. The molecule has 1 aliphatic rings. The lowest BCUT2D eigenvalue weighted by Crippen LogP contribution is -2.19. The fourth-order valence-electron chi connectivity index (χ4n) is 2.76. The monoisotopic (exact) mass is 269 g/mol. The van der Waals surface area contributed by atoms with Gasteiger partial charge in [-0.1, -0.05) is 25.5 Å². The van der Waals surface area contributed by atoms with E-state index in [2.05, 4.69) is 31.2 Å². The van der Waals surface area contributed by atoms with E-state index < -0.39 is 0 Å². The van der Waals surface area contributed by atoms with E-state index in [1.54, 1.807) is 0 Å². The van der Waals surface area contributed by atoms with E-state index in [1.807, 2.05) is 18.4 Å². The maximum Gasteiger partial charge on any atom is 0.0991 e. The number of ether oxygens (including phenoxy) is 1. The van der Waals surface area contributed by atoms with Gasteiger partial charge in [0, 0.05) is 0 Å². The molecule has 0 saturated heterocycles. The minimum Gasteiger partial charge on any atom is -0.498 e. The zero-order valence-electron chi connectivity index (χ0n) is 12.2. The molecule has 2 rings (SSSR count). The van der Waals surface area contributed by atoms with Crippen molar-refractivity contribution in [2.45, 2.75) is 57.5 Å². The van der Waals surface area contributed by atoms with Gasteiger partial charge in [0.15, 0.2) is 0 Å². The Morgan fingerprint density at radius 2 is 1.90 bits per heavy atom. The molecule has 2 nitrogen and oxygen atoms in total. The fourth-order valence-corrected chi connectivity index (χ4v) is 2.76. The van der Waals surface area contributed by atoms with Crippen LogP contribution in [0.2, 0.25) is 0 Å². The summed E-state index contributed by atoms with van der Waals surface area (Å²) in [5, 5.41) is 8.82. The third-order valence-electron chi connectivity index (χ3n) is 4.01. The molecular formula is C18H23NO. The summed E-state index contributed by atoms with van der Waals surface area (Å²) in [5.41, 5.74) is 2.11. The Morgan fingerprint density at radius 3 is 2.50 bits per heavy atom. The quantitative estimate of drug-likeness (QED) is 0.711. The van der Waals surface area contributed by atoms with Gasteiger partial charge in [0.05, 0.1) is 24.0 Å². The van der Waals surface area contributed by atoms with Crippen molar-refractivity contribution in [3.63, 3.8) is 0 Å². The zero-order valence-corrected chi connectivity index (χ0v) is 12.2. The maximum atomic E-state index is 8.82. The highest BCUT2D eigenvalue weighted by molar-refractivity contribution is 5.33. The largest absolute Gasteiger partial charge is 0.498 e. The van der Waals surface area contributed by atoms with Crippen LogP contribution < -0.4 is 0 Å². The van der Waals surface area contributed by atoms with Crippen LogP contribution in [0.4, 0.5) is 0 Å². The van der Waals surface area contributed by atoms with E-state index in [4.69, 9.17) is 10.00 Å². The first-order valence-electron chi connectivity index (χ1n) is 7.64. The molecule has 0 heterocycles. The number of unbranched alkanes of at least 4 members (excludes halogenated alkanes) is 1. The Hall–Kier alpha value is -1.75. The van der Waals surface area contributed by atoms with Crippen LogP contribution in [0.15, 0.2) is 36.6 Å². The molecule has 0 aliphatic heterocycles. The number of nitriles is 1. The summed E-state index contributed by atoms with van der Waals surface area (Å²) in [5.74, 6) is 0.627. The fraction of sp³-hybridized carbons (Fsp3) is 0.500. The number of allylic oxidation sites excluding steroid dienone is 1. The molecule has 0 N–H and O–H groups in total. The lowest BCUT2D eigenvalue weighted by atomic mass is 9.82. The lowest BCUT2D eigenvalue weighted by Gasteiger charge is -2.28. The summed E-state index contributed by atoms with van der Waals surface area (Å²) < 4.78 is 5.78. The van der Waals surface area contributed by atoms with Crippen LogP contribution in [0.25, 0.3) is 0 Å². The van der Waals surface area contributed by atoms with Crippen molar-refractivity contribution in [3.05, 3.63) is 47.7 Å². The van der Waals surface area contributed by atoms with Gasteiger partial charge in [-0.2, -0.15) is 5.26 Å². The van der Waals surface area contributed by atoms with Crippen LogP contribution in [-0.4, -0.2) is 6.10 Å². The minimum absolute atomic E-state index is 0.387. The molecule has 106 valence electrons. The third-order valence-corrected chi connectivity index (χ3v) is 4.01. The molecule has 1 aromatic carbocycles. The highest BCUT2D eigenvalue weighted by Crippen LogP contribution is 2.34. The Kier molecular flexibility index (Phi) is 5.68. The standard InChI is InChI=1S/C18H23NO/c1-2-3-4-13-20-18-11-9-17(10-12-18)16-7-5-15(14-19)6-8-16/h4-8,13,17-18H,2-3,9-12H2,1H3. The first-order valence-corrected chi connectivity index (χ1v) is 7.64. The topological polar surface area (TPSA) is 33.0 Å². The summed E-state index contributed by atoms with van der Waals surface area (Å²) in [6.07, 6.45) is 11.3. The zero-order chi connectivity index (χ0) is 14.2. The molecule has 0 amide bonds. The van der Waals surface area contributed by atoms with E-state index in [1.165, 1.54) is 24.8 Å². The van der Waals surface area contributed by atoms with Gasteiger partial charge in [-0.3, -0.25) is 0 Å². The normalized spacial score (nSPS) is 22.6. The Bertz CT molecular complexity index is 461. The molecule has 1 saturated carbocycles. The van der Waals surface area contributed by atoms with Gasteiger partial charge in [-0.25, -0.2) is 0 Å². The van der Waals surface area contributed by atoms with E-state index in [-0.39, 0.29) is 0 Å². The van der Waals surface area contributed by atoms with Crippen molar-refractivity contribution in [1.29, 1.82) is 5.26 Å². The van der Waals surface area contributed by atoms with Crippen molar-refractivity contribution >= 4 is 0 Å². The summed E-state index contributed by atoms with van der Waals surface area (Å²) in [6.45, 7) is 2.17. The van der Waals surface area contributed by atoms with Crippen LogP contribution in [0, 0.1) is 11.3 Å². The van der Waals surface area contributed by atoms with Crippen molar-refractivity contribution < 1.29 is 4.74 Å². The van der Waals surface area contributed by atoms with E-state index >= 15 is 0 Å². The second kappa shape index (κ2) is 7.75. The van der Waals surface area contributed by atoms with Gasteiger partial charge in [-0.15, -0.1) is 0 Å². The number of hydrogen-bond acceptors (Lipinski definition) is 2. The lowest BCUT2D eigenvalue weighted by molar-refractivity contribution is 0.0991. The van der Waals surface area contributed by atoms with Crippen LogP contribution >= 0.6 is 0 Å². The summed E-state index contributed by atoms with van der Waals surface area (Å²) in [4.78, 5) is 0. The molecule has 0 radical (unpaired) electrons. The van der Waals surface area contributed by atoms with Crippen LogP contribution in [-0.2, 0) is 4.74 Å². The van der Waals surface area contributed by atoms with Crippen molar-refractivity contribution in [1.82, 2.24) is 0 Å². The third kappa shape index (κ3) is 4.13. The molecule has 0 aromatic heterocycles. The molecule has 1 fully saturated rings. The first kappa shape index (κ1) is 14.7. The molecule has 1 aliphatic carbocycles. The van der Waals surface area contributed by atoms with Gasteiger partial charge in [0.1, 0.15) is 0 Å². The number of nitrogens with zero attached hydrogens (tertiary/aromatic N) is 1. The molecule has 0 bridgehead atoms. The average molecular weight is 269 g/mol. The van der Waals surface area contributed by atoms with Crippen molar-refractivity contribution in [2.24, 2.45) is 0 Å². The summed E-state index contributed by atoms with van der Waals surface area (Å²) in [7, 11) is 0.